The molecule has 2 heterocycles. The van der Waals surface area contributed by atoms with E-state index < -0.39 is 0 Å². The lowest BCUT2D eigenvalue weighted by molar-refractivity contribution is -0.162. The van der Waals surface area contributed by atoms with Crippen molar-refractivity contribution in [2.24, 2.45) is 0 Å². The van der Waals surface area contributed by atoms with Gasteiger partial charge in [-0.2, -0.15) is 11.8 Å². The summed E-state index contributed by atoms with van der Waals surface area (Å²) in [5, 5.41) is 0.669. The number of carbonyl (C=O) groups excluding carboxylic acids is 2. The monoisotopic (exact) mass is 310 g/mol. The normalized spacial score (nSPS) is 36.5. The van der Waals surface area contributed by atoms with E-state index in [1.54, 1.807) is 0 Å². The van der Waals surface area contributed by atoms with Gasteiger partial charge in [-0.15, -0.1) is 0 Å². The fourth-order valence-electron chi connectivity index (χ4n) is 4.29. The third-order valence-electron chi connectivity index (χ3n) is 5.24. The SMILES string of the molecule is CCSC1CCC(N2C(=O)C3CCCN3C(=O)C2CC)C1. The Bertz CT molecular complexity index is 429. The van der Waals surface area contributed by atoms with E-state index in [9.17, 15) is 9.59 Å². The van der Waals surface area contributed by atoms with Crippen molar-refractivity contribution in [1.82, 2.24) is 9.80 Å². The summed E-state index contributed by atoms with van der Waals surface area (Å²) in [7, 11) is 0. The zero-order valence-electron chi connectivity index (χ0n) is 13.1. The fourth-order valence-corrected chi connectivity index (χ4v) is 5.42. The maximum Gasteiger partial charge on any atom is 0.246 e. The van der Waals surface area contributed by atoms with Gasteiger partial charge in [0.25, 0.3) is 0 Å². The Morgan fingerprint density at radius 1 is 1.14 bits per heavy atom. The van der Waals surface area contributed by atoms with Crippen molar-refractivity contribution in [3.63, 3.8) is 0 Å². The topological polar surface area (TPSA) is 40.6 Å². The quantitative estimate of drug-likeness (QED) is 0.800. The van der Waals surface area contributed by atoms with Crippen LogP contribution < -0.4 is 0 Å². The van der Waals surface area contributed by atoms with Crippen molar-refractivity contribution in [2.75, 3.05) is 12.3 Å². The molecule has 21 heavy (non-hydrogen) atoms. The van der Waals surface area contributed by atoms with Crippen LogP contribution in [0.15, 0.2) is 0 Å². The molecule has 1 aliphatic carbocycles. The third kappa shape index (κ3) is 2.58. The van der Waals surface area contributed by atoms with Crippen molar-refractivity contribution >= 4 is 23.6 Å². The molecule has 1 saturated carbocycles. The fraction of sp³-hybridized carbons (Fsp3) is 0.875. The zero-order valence-corrected chi connectivity index (χ0v) is 13.9. The summed E-state index contributed by atoms with van der Waals surface area (Å²) in [4.78, 5) is 29.4. The van der Waals surface area contributed by atoms with Crippen molar-refractivity contribution in [2.45, 2.75) is 75.7 Å². The first-order chi connectivity index (χ1) is 10.2. The Morgan fingerprint density at radius 2 is 1.95 bits per heavy atom. The summed E-state index contributed by atoms with van der Waals surface area (Å²) >= 11 is 2.00. The van der Waals surface area contributed by atoms with Gasteiger partial charge in [-0.1, -0.05) is 13.8 Å². The highest BCUT2D eigenvalue weighted by atomic mass is 32.2. The molecule has 0 spiro atoms. The first-order valence-electron chi connectivity index (χ1n) is 8.41. The molecular weight excluding hydrogens is 284 g/mol. The van der Waals surface area contributed by atoms with Crippen LogP contribution in [0.1, 0.15) is 52.4 Å². The van der Waals surface area contributed by atoms with Gasteiger partial charge in [0.05, 0.1) is 0 Å². The molecule has 0 aromatic heterocycles. The lowest BCUT2D eigenvalue weighted by Crippen LogP contribution is -2.64. The number of hydrogen-bond acceptors (Lipinski definition) is 3. The molecule has 3 aliphatic rings. The minimum atomic E-state index is -0.206. The highest BCUT2D eigenvalue weighted by molar-refractivity contribution is 7.99. The predicted octanol–water partition coefficient (Wildman–Crippen LogP) is 2.27. The summed E-state index contributed by atoms with van der Waals surface area (Å²) < 4.78 is 0. The van der Waals surface area contributed by atoms with Crippen LogP contribution in [0.2, 0.25) is 0 Å². The van der Waals surface area contributed by atoms with Crippen LogP contribution in [0.5, 0.6) is 0 Å². The van der Waals surface area contributed by atoms with Crippen LogP contribution in [0, 0.1) is 0 Å². The number of fused-ring (bicyclic) bond motifs is 1. The Balaban J connectivity index is 1.79. The van der Waals surface area contributed by atoms with Crippen LogP contribution in [0.4, 0.5) is 0 Å². The van der Waals surface area contributed by atoms with Gasteiger partial charge in [0.1, 0.15) is 12.1 Å². The highest BCUT2D eigenvalue weighted by Crippen LogP contribution is 2.37. The molecule has 0 aromatic carbocycles. The van der Waals surface area contributed by atoms with Crippen LogP contribution in [0.25, 0.3) is 0 Å². The van der Waals surface area contributed by atoms with Gasteiger partial charge in [-0.25, -0.2) is 0 Å². The minimum absolute atomic E-state index is 0.154. The first-order valence-corrected chi connectivity index (χ1v) is 9.46. The summed E-state index contributed by atoms with van der Waals surface area (Å²) in [6.45, 7) is 5.00. The zero-order chi connectivity index (χ0) is 15.0. The number of nitrogens with zero attached hydrogens (tertiary/aromatic N) is 2. The molecule has 3 rings (SSSR count). The molecule has 0 N–H and O–H groups in total. The highest BCUT2D eigenvalue weighted by Gasteiger charge is 2.50. The summed E-state index contributed by atoms with van der Waals surface area (Å²) in [5.41, 5.74) is 0. The lowest BCUT2D eigenvalue weighted by Gasteiger charge is -2.45. The molecule has 0 bridgehead atoms. The van der Waals surface area contributed by atoms with Crippen molar-refractivity contribution < 1.29 is 9.59 Å². The van der Waals surface area contributed by atoms with E-state index in [2.05, 4.69) is 6.92 Å². The van der Waals surface area contributed by atoms with E-state index in [0.717, 1.165) is 44.4 Å². The second-order valence-electron chi connectivity index (χ2n) is 6.40. The number of hydrogen-bond donors (Lipinski definition) is 0. The molecule has 4 nitrogen and oxygen atoms in total. The van der Waals surface area contributed by atoms with Crippen LogP contribution in [-0.2, 0) is 9.59 Å². The average Bonchev–Trinajstić information content (AvgIpc) is 3.12. The second-order valence-corrected chi connectivity index (χ2v) is 7.98. The molecule has 2 amide bonds. The van der Waals surface area contributed by atoms with Crippen molar-refractivity contribution in [1.29, 1.82) is 0 Å². The van der Waals surface area contributed by atoms with E-state index in [4.69, 9.17) is 0 Å². The molecule has 3 fully saturated rings. The Hall–Kier alpha value is -0.710. The van der Waals surface area contributed by atoms with E-state index in [1.807, 2.05) is 28.5 Å². The predicted molar refractivity (Wildman–Crippen MR) is 85.2 cm³/mol. The van der Waals surface area contributed by atoms with Gasteiger partial charge in [0.15, 0.2) is 0 Å². The van der Waals surface area contributed by atoms with Gasteiger partial charge in [0.2, 0.25) is 11.8 Å². The Morgan fingerprint density at radius 3 is 2.67 bits per heavy atom. The van der Waals surface area contributed by atoms with Gasteiger partial charge >= 0.3 is 0 Å². The number of piperazine rings is 1. The molecule has 0 aromatic rings. The van der Waals surface area contributed by atoms with E-state index >= 15 is 0 Å². The van der Waals surface area contributed by atoms with Gasteiger partial charge < -0.3 is 9.80 Å². The molecule has 2 aliphatic heterocycles. The molecular formula is C16H26N2O2S. The standard InChI is InChI=1S/C16H26N2O2S/c1-3-13-15(19)17-9-5-6-14(17)16(20)18(13)11-7-8-12(10-11)21-4-2/h11-14H,3-10H2,1-2H3. The number of rotatable bonds is 4. The molecule has 118 valence electrons. The summed E-state index contributed by atoms with van der Waals surface area (Å²) in [6, 6.07) is -0.0707. The van der Waals surface area contributed by atoms with Gasteiger partial charge in [-0.3, -0.25) is 9.59 Å². The van der Waals surface area contributed by atoms with E-state index in [1.165, 1.54) is 6.42 Å². The molecule has 2 saturated heterocycles. The van der Waals surface area contributed by atoms with Crippen molar-refractivity contribution in [3.8, 4) is 0 Å². The maximum absolute atomic E-state index is 12.9. The van der Waals surface area contributed by atoms with Crippen molar-refractivity contribution in [3.05, 3.63) is 0 Å². The largest absolute Gasteiger partial charge is 0.329 e. The van der Waals surface area contributed by atoms with Gasteiger partial charge in [-0.05, 0) is 44.3 Å². The molecule has 0 radical (unpaired) electrons. The average molecular weight is 310 g/mol. The minimum Gasteiger partial charge on any atom is -0.329 e. The maximum atomic E-state index is 12.9. The van der Waals surface area contributed by atoms with E-state index in [-0.39, 0.29) is 29.9 Å². The van der Waals surface area contributed by atoms with Crippen LogP contribution in [-0.4, -0.2) is 57.3 Å². The third-order valence-corrected chi connectivity index (χ3v) is 6.47. The van der Waals surface area contributed by atoms with E-state index in [0.29, 0.717) is 5.25 Å². The summed E-state index contributed by atoms with van der Waals surface area (Å²) in [6.07, 6.45) is 5.91. The number of carbonyl (C=O) groups is 2. The van der Waals surface area contributed by atoms with Gasteiger partial charge in [0, 0.05) is 17.8 Å². The molecule has 4 atom stereocenters. The first kappa shape index (κ1) is 15.2. The Kier molecular flexibility index (Phi) is 4.48. The lowest BCUT2D eigenvalue weighted by atomic mass is 10.00. The van der Waals surface area contributed by atoms with Crippen LogP contribution >= 0.6 is 11.8 Å². The molecule has 4 unspecified atom stereocenters. The second kappa shape index (κ2) is 6.19. The molecule has 5 heteroatoms. The number of thioether (sulfide) groups is 1. The smallest absolute Gasteiger partial charge is 0.246 e. The number of amides is 2. The Labute approximate surface area is 131 Å². The summed E-state index contributed by atoms with van der Waals surface area (Å²) in [5.74, 6) is 1.56. The van der Waals surface area contributed by atoms with Crippen LogP contribution in [0.3, 0.4) is 0 Å².